The molecule has 3 amide bonds. The van der Waals surface area contributed by atoms with Crippen molar-refractivity contribution in [3.63, 3.8) is 0 Å². The van der Waals surface area contributed by atoms with Crippen LogP contribution in [0.1, 0.15) is 29.8 Å². The Hall–Kier alpha value is -2.31. The Bertz CT molecular complexity index is 569. The van der Waals surface area contributed by atoms with Crippen molar-refractivity contribution in [1.29, 1.82) is 0 Å². The number of carbonyl (C=O) groups is 3. The van der Waals surface area contributed by atoms with Crippen molar-refractivity contribution in [2.24, 2.45) is 0 Å². The third kappa shape index (κ3) is 2.98. The Morgan fingerprint density at radius 2 is 1.95 bits per heavy atom. The molecular weight excluding hydrogens is 286 g/mol. The average Bonchev–Trinajstić information content (AvgIpc) is 3.13. The van der Waals surface area contributed by atoms with E-state index in [-0.39, 0.29) is 17.7 Å². The fourth-order valence-electron chi connectivity index (χ4n) is 2.92. The van der Waals surface area contributed by atoms with Crippen molar-refractivity contribution >= 4 is 17.7 Å². The standard InChI is InChI=1S/C15H19N3O4/c19-13-5-4-11(16-13)14(20)17-6-2-7-18(9-8-17)15(21)12-3-1-10-22-12/h1,3,10-11H,2,4-9H2,(H,16,19). The van der Waals surface area contributed by atoms with Crippen LogP contribution in [0.3, 0.4) is 0 Å². The highest BCUT2D eigenvalue weighted by Crippen LogP contribution is 2.14. The molecule has 0 spiro atoms. The largest absolute Gasteiger partial charge is 0.459 e. The predicted molar refractivity (Wildman–Crippen MR) is 77.0 cm³/mol. The second-order valence-electron chi connectivity index (χ2n) is 5.61. The first-order chi connectivity index (χ1) is 10.6. The highest BCUT2D eigenvalue weighted by atomic mass is 16.3. The van der Waals surface area contributed by atoms with Gasteiger partial charge in [0.15, 0.2) is 5.76 Å². The van der Waals surface area contributed by atoms with Crippen LogP contribution in [-0.2, 0) is 9.59 Å². The Labute approximate surface area is 128 Å². The molecule has 3 heterocycles. The highest BCUT2D eigenvalue weighted by molar-refractivity contribution is 5.92. The summed E-state index contributed by atoms with van der Waals surface area (Å²) < 4.78 is 5.14. The summed E-state index contributed by atoms with van der Waals surface area (Å²) in [6.07, 6.45) is 3.17. The van der Waals surface area contributed by atoms with Crippen molar-refractivity contribution in [3.05, 3.63) is 24.2 Å². The quantitative estimate of drug-likeness (QED) is 0.848. The molecule has 7 nitrogen and oxygen atoms in total. The Balaban J connectivity index is 1.59. The fourth-order valence-corrected chi connectivity index (χ4v) is 2.92. The van der Waals surface area contributed by atoms with Crippen LogP contribution in [0, 0.1) is 0 Å². The molecule has 0 bridgehead atoms. The summed E-state index contributed by atoms with van der Waals surface area (Å²) in [7, 11) is 0. The Morgan fingerprint density at radius 3 is 2.64 bits per heavy atom. The molecule has 118 valence electrons. The second kappa shape index (κ2) is 6.21. The summed E-state index contributed by atoms with van der Waals surface area (Å²) in [4.78, 5) is 39.3. The van der Waals surface area contributed by atoms with Crippen LogP contribution in [0.2, 0.25) is 0 Å². The summed E-state index contributed by atoms with van der Waals surface area (Å²) >= 11 is 0. The van der Waals surface area contributed by atoms with Gasteiger partial charge in [0, 0.05) is 32.6 Å². The van der Waals surface area contributed by atoms with Gasteiger partial charge in [0.2, 0.25) is 11.8 Å². The molecule has 1 atom stereocenters. The average molecular weight is 305 g/mol. The van der Waals surface area contributed by atoms with Gasteiger partial charge in [0.05, 0.1) is 6.26 Å². The molecule has 1 unspecified atom stereocenters. The number of hydrogen-bond donors (Lipinski definition) is 1. The summed E-state index contributed by atoms with van der Waals surface area (Å²) in [5.74, 6) is 0.0669. The van der Waals surface area contributed by atoms with E-state index in [1.54, 1.807) is 21.9 Å². The maximum Gasteiger partial charge on any atom is 0.289 e. The lowest BCUT2D eigenvalue weighted by Gasteiger charge is -2.24. The van der Waals surface area contributed by atoms with Crippen LogP contribution in [-0.4, -0.2) is 59.7 Å². The van der Waals surface area contributed by atoms with Crippen LogP contribution in [0.5, 0.6) is 0 Å². The predicted octanol–water partition coefficient (Wildman–Crippen LogP) is 0.233. The molecule has 2 aliphatic rings. The molecule has 3 rings (SSSR count). The molecule has 0 radical (unpaired) electrons. The second-order valence-corrected chi connectivity index (χ2v) is 5.61. The fraction of sp³-hybridized carbons (Fsp3) is 0.533. The van der Waals surface area contributed by atoms with Gasteiger partial charge in [-0.25, -0.2) is 0 Å². The molecule has 1 aromatic rings. The third-order valence-corrected chi connectivity index (χ3v) is 4.12. The van der Waals surface area contributed by atoms with Crippen LogP contribution in [0.25, 0.3) is 0 Å². The minimum absolute atomic E-state index is 0.0434. The van der Waals surface area contributed by atoms with Crippen molar-refractivity contribution in [2.75, 3.05) is 26.2 Å². The third-order valence-electron chi connectivity index (χ3n) is 4.12. The maximum atomic E-state index is 12.4. The Morgan fingerprint density at radius 1 is 1.18 bits per heavy atom. The lowest BCUT2D eigenvalue weighted by molar-refractivity contribution is -0.134. The van der Waals surface area contributed by atoms with Crippen LogP contribution >= 0.6 is 0 Å². The van der Waals surface area contributed by atoms with Gasteiger partial charge in [-0.05, 0) is 25.0 Å². The molecule has 0 aromatic carbocycles. The van der Waals surface area contributed by atoms with E-state index in [2.05, 4.69) is 5.32 Å². The first-order valence-electron chi connectivity index (χ1n) is 7.56. The minimum Gasteiger partial charge on any atom is -0.459 e. The molecule has 2 fully saturated rings. The van der Waals surface area contributed by atoms with E-state index in [9.17, 15) is 14.4 Å². The zero-order valence-electron chi connectivity index (χ0n) is 12.3. The van der Waals surface area contributed by atoms with Crippen LogP contribution in [0.4, 0.5) is 0 Å². The molecule has 1 N–H and O–H groups in total. The maximum absolute atomic E-state index is 12.4. The van der Waals surface area contributed by atoms with E-state index < -0.39 is 6.04 Å². The summed E-state index contributed by atoms with van der Waals surface area (Å²) in [6.45, 7) is 2.16. The smallest absolute Gasteiger partial charge is 0.289 e. The first kappa shape index (κ1) is 14.6. The van der Waals surface area contributed by atoms with E-state index in [0.717, 1.165) is 6.42 Å². The van der Waals surface area contributed by atoms with Gasteiger partial charge < -0.3 is 19.5 Å². The molecule has 0 aliphatic carbocycles. The molecular formula is C15H19N3O4. The highest BCUT2D eigenvalue weighted by Gasteiger charge is 2.32. The molecule has 7 heteroatoms. The van der Waals surface area contributed by atoms with Crippen molar-refractivity contribution < 1.29 is 18.8 Å². The normalized spacial score (nSPS) is 22.4. The first-order valence-corrected chi connectivity index (χ1v) is 7.56. The number of carbonyl (C=O) groups excluding carboxylic acids is 3. The summed E-state index contributed by atoms with van der Waals surface area (Å²) in [5, 5.41) is 2.70. The van der Waals surface area contributed by atoms with E-state index >= 15 is 0 Å². The molecule has 2 saturated heterocycles. The number of nitrogens with zero attached hydrogens (tertiary/aromatic N) is 2. The molecule has 22 heavy (non-hydrogen) atoms. The molecule has 2 aliphatic heterocycles. The molecule has 1 aromatic heterocycles. The van der Waals surface area contributed by atoms with Gasteiger partial charge in [0.1, 0.15) is 6.04 Å². The van der Waals surface area contributed by atoms with E-state index in [1.807, 2.05) is 0 Å². The zero-order chi connectivity index (χ0) is 15.5. The number of nitrogens with one attached hydrogen (secondary N) is 1. The lowest BCUT2D eigenvalue weighted by Crippen LogP contribution is -2.46. The van der Waals surface area contributed by atoms with Gasteiger partial charge in [-0.15, -0.1) is 0 Å². The lowest BCUT2D eigenvalue weighted by atomic mass is 10.2. The topological polar surface area (TPSA) is 82.9 Å². The van der Waals surface area contributed by atoms with Crippen LogP contribution in [0.15, 0.2) is 22.8 Å². The minimum atomic E-state index is -0.403. The van der Waals surface area contributed by atoms with Crippen LogP contribution < -0.4 is 5.32 Å². The van der Waals surface area contributed by atoms with Gasteiger partial charge in [-0.1, -0.05) is 0 Å². The van der Waals surface area contributed by atoms with Gasteiger partial charge in [-0.2, -0.15) is 0 Å². The van der Waals surface area contributed by atoms with E-state index in [0.29, 0.717) is 44.8 Å². The number of furan rings is 1. The SMILES string of the molecule is O=C1CCC(C(=O)N2CCCN(C(=O)c3ccco3)CC2)N1. The summed E-state index contributed by atoms with van der Waals surface area (Å²) in [5.41, 5.74) is 0. The van der Waals surface area contributed by atoms with Crippen molar-refractivity contribution in [2.45, 2.75) is 25.3 Å². The zero-order valence-corrected chi connectivity index (χ0v) is 12.3. The molecule has 0 saturated carbocycles. The number of rotatable bonds is 2. The number of hydrogen-bond acceptors (Lipinski definition) is 4. The van der Waals surface area contributed by atoms with Gasteiger partial charge in [0.25, 0.3) is 5.91 Å². The van der Waals surface area contributed by atoms with Gasteiger partial charge in [-0.3, -0.25) is 14.4 Å². The number of amides is 3. The Kier molecular flexibility index (Phi) is 4.13. The monoisotopic (exact) mass is 305 g/mol. The van der Waals surface area contributed by atoms with Gasteiger partial charge >= 0.3 is 0 Å². The van der Waals surface area contributed by atoms with E-state index in [1.165, 1.54) is 6.26 Å². The summed E-state index contributed by atoms with van der Waals surface area (Å²) in [6, 6.07) is 2.92. The van der Waals surface area contributed by atoms with E-state index in [4.69, 9.17) is 4.42 Å². The van der Waals surface area contributed by atoms with Crippen molar-refractivity contribution in [3.8, 4) is 0 Å². The van der Waals surface area contributed by atoms with Crippen molar-refractivity contribution in [1.82, 2.24) is 15.1 Å².